The van der Waals surface area contributed by atoms with Crippen molar-refractivity contribution >= 4 is 18.6 Å². The van der Waals surface area contributed by atoms with Gasteiger partial charge in [-0.3, -0.25) is 9.79 Å². The average Bonchev–Trinajstić information content (AvgIpc) is 2.66. The van der Waals surface area contributed by atoms with Crippen molar-refractivity contribution in [1.82, 2.24) is 0 Å². The summed E-state index contributed by atoms with van der Waals surface area (Å²) in [5.74, 6) is 1.54. The number of ether oxygens (including phenoxy) is 1. The molecule has 5 aliphatic rings. The van der Waals surface area contributed by atoms with Crippen molar-refractivity contribution < 1.29 is 33.4 Å². The summed E-state index contributed by atoms with van der Waals surface area (Å²) in [6, 6.07) is 10.8. The largest absolute Gasteiger partial charge is 0.524 e. The molecule has 4 bridgehead atoms. The highest BCUT2D eigenvalue weighted by Crippen LogP contribution is 2.69. The fourth-order valence-electron chi connectivity index (χ4n) is 7.07. The van der Waals surface area contributed by atoms with Gasteiger partial charge in [0.25, 0.3) is 5.79 Å². The van der Waals surface area contributed by atoms with Gasteiger partial charge in [0.15, 0.2) is 5.60 Å². The zero-order valence-corrected chi connectivity index (χ0v) is 17.6. The lowest BCUT2D eigenvalue weighted by molar-refractivity contribution is -0.645. The third kappa shape index (κ3) is 2.48. The van der Waals surface area contributed by atoms with Crippen molar-refractivity contribution in [2.45, 2.75) is 43.5 Å². The maximum atomic E-state index is 11.2. The molecule has 1 saturated heterocycles. The van der Waals surface area contributed by atoms with Crippen LogP contribution in [0.3, 0.4) is 0 Å². The Hall–Kier alpha value is -1.47. The number of phosphoric ester groups is 1. The second kappa shape index (κ2) is 6.28. The van der Waals surface area contributed by atoms with Crippen LogP contribution >= 0.6 is 7.82 Å². The molecular formula is C22H25O7P. The average molecular weight is 432 g/mol. The minimum absolute atomic E-state index is 0.120. The Balaban J connectivity index is 1.47. The Bertz CT molecular complexity index is 1030. The van der Waals surface area contributed by atoms with Gasteiger partial charge < -0.3 is 9.26 Å². The van der Waals surface area contributed by atoms with Crippen LogP contribution in [0.25, 0.3) is 10.8 Å². The predicted molar refractivity (Wildman–Crippen MR) is 107 cm³/mol. The minimum atomic E-state index is -4.62. The Kier molecular flexibility index (Phi) is 4.03. The molecule has 1 aliphatic heterocycles. The molecule has 2 aromatic rings. The summed E-state index contributed by atoms with van der Waals surface area (Å²) in [6.07, 6.45) is 5.98. The third-order valence-corrected chi connectivity index (χ3v) is 8.33. The van der Waals surface area contributed by atoms with Gasteiger partial charge in [-0.2, -0.15) is 4.89 Å². The summed E-state index contributed by atoms with van der Waals surface area (Å²) in [5.41, 5.74) is 0.411. The number of benzene rings is 2. The topological polar surface area (TPSA) is 94.5 Å². The molecule has 1 heterocycles. The monoisotopic (exact) mass is 432 g/mol. The van der Waals surface area contributed by atoms with E-state index in [-0.39, 0.29) is 5.75 Å². The molecule has 1 atom stereocenters. The minimum Gasteiger partial charge on any atom is -0.404 e. The lowest BCUT2D eigenvalue weighted by Crippen LogP contribution is -2.76. The van der Waals surface area contributed by atoms with Gasteiger partial charge in [0.1, 0.15) is 5.75 Å². The van der Waals surface area contributed by atoms with Crippen molar-refractivity contribution in [3.05, 3.63) is 42.0 Å². The van der Waals surface area contributed by atoms with Crippen molar-refractivity contribution in [3.8, 4) is 5.75 Å². The van der Waals surface area contributed by atoms with Crippen LogP contribution in [0.2, 0.25) is 0 Å². The molecule has 4 saturated carbocycles. The summed E-state index contributed by atoms with van der Waals surface area (Å²) in [7, 11) is -2.94. The molecule has 7 nitrogen and oxygen atoms in total. The molecule has 0 aromatic heterocycles. The maximum absolute atomic E-state index is 11.2. The molecule has 160 valence electrons. The van der Waals surface area contributed by atoms with Gasteiger partial charge in [-0.05, 0) is 78.7 Å². The number of hydrogen-bond acceptors (Lipinski definition) is 5. The van der Waals surface area contributed by atoms with Gasteiger partial charge in [0, 0.05) is 12.7 Å². The molecule has 4 aliphatic carbocycles. The first-order valence-electron chi connectivity index (χ1n) is 10.5. The second-order valence-electron chi connectivity index (χ2n) is 9.36. The van der Waals surface area contributed by atoms with E-state index in [1.165, 1.54) is 6.42 Å². The Labute approximate surface area is 174 Å². The summed E-state index contributed by atoms with van der Waals surface area (Å²) in [5, 5.41) is 1.69. The van der Waals surface area contributed by atoms with Crippen LogP contribution in [-0.2, 0) is 24.9 Å². The standard InChI is InChI=1S/C22H25O7P/c1-26-22(21(28-29-22)16-8-13-7-14(10-16)11-17(21)9-13)20-4-2-3-15-12-18(5-6-19(15)20)27-30(23,24)25/h2-6,12-14,16-17H,7-11H2,1H3,(H2,23,24,25). The van der Waals surface area contributed by atoms with Gasteiger partial charge >= 0.3 is 7.82 Å². The number of hydrogen-bond donors (Lipinski definition) is 2. The molecule has 8 heteroatoms. The molecule has 1 spiro atoms. The summed E-state index contributed by atoms with van der Waals surface area (Å²) in [6.45, 7) is 0. The van der Waals surface area contributed by atoms with Crippen molar-refractivity contribution in [1.29, 1.82) is 0 Å². The third-order valence-electron chi connectivity index (χ3n) is 7.88. The molecule has 1 unspecified atom stereocenters. The number of phosphoric acid groups is 1. The van der Waals surface area contributed by atoms with Crippen molar-refractivity contribution in [2.75, 3.05) is 7.11 Å². The van der Waals surface area contributed by atoms with Gasteiger partial charge in [-0.15, -0.1) is 0 Å². The van der Waals surface area contributed by atoms with E-state index in [1.807, 2.05) is 24.3 Å². The van der Waals surface area contributed by atoms with Crippen LogP contribution in [0.4, 0.5) is 0 Å². The van der Waals surface area contributed by atoms with E-state index in [0.29, 0.717) is 11.8 Å². The zero-order chi connectivity index (χ0) is 20.7. The first kappa shape index (κ1) is 19.2. The van der Waals surface area contributed by atoms with Crippen LogP contribution in [0, 0.1) is 23.7 Å². The fourth-order valence-corrected chi connectivity index (χ4v) is 7.46. The quantitative estimate of drug-likeness (QED) is 0.550. The molecule has 5 fully saturated rings. The van der Waals surface area contributed by atoms with Crippen LogP contribution in [-0.4, -0.2) is 22.5 Å². The van der Waals surface area contributed by atoms with Gasteiger partial charge in [-0.25, -0.2) is 9.45 Å². The molecule has 2 N–H and O–H groups in total. The van der Waals surface area contributed by atoms with Crippen LogP contribution in [0.5, 0.6) is 5.75 Å². The van der Waals surface area contributed by atoms with Gasteiger partial charge in [-0.1, -0.05) is 24.3 Å². The van der Waals surface area contributed by atoms with E-state index in [1.54, 1.807) is 19.2 Å². The predicted octanol–water partition coefficient (Wildman–Crippen LogP) is 4.27. The maximum Gasteiger partial charge on any atom is 0.524 e. The number of rotatable bonds is 4. The van der Waals surface area contributed by atoms with E-state index >= 15 is 0 Å². The van der Waals surface area contributed by atoms with E-state index < -0.39 is 19.2 Å². The summed E-state index contributed by atoms with van der Waals surface area (Å²) < 4.78 is 22.1. The van der Waals surface area contributed by atoms with E-state index in [9.17, 15) is 4.57 Å². The molecule has 2 aromatic carbocycles. The molecule has 0 amide bonds. The second-order valence-corrected chi connectivity index (χ2v) is 10.5. The first-order chi connectivity index (χ1) is 14.3. The lowest BCUT2D eigenvalue weighted by atomic mass is 9.47. The highest BCUT2D eigenvalue weighted by atomic mass is 31.2. The van der Waals surface area contributed by atoms with E-state index in [0.717, 1.165) is 53.9 Å². The van der Waals surface area contributed by atoms with E-state index in [4.69, 9.17) is 28.8 Å². The van der Waals surface area contributed by atoms with Gasteiger partial charge in [0.2, 0.25) is 0 Å². The Morgan fingerprint density at radius 3 is 2.27 bits per heavy atom. The molecular weight excluding hydrogens is 407 g/mol. The Morgan fingerprint density at radius 2 is 1.70 bits per heavy atom. The first-order valence-corrected chi connectivity index (χ1v) is 12.1. The fraction of sp³-hybridized carbons (Fsp3) is 0.545. The summed E-state index contributed by atoms with van der Waals surface area (Å²) >= 11 is 0. The molecule has 30 heavy (non-hydrogen) atoms. The highest BCUT2D eigenvalue weighted by molar-refractivity contribution is 7.46. The Morgan fingerprint density at radius 1 is 1.00 bits per heavy atom. The van der Waals surface area contributed by atoms with E-state index in [2.05, 4.69) is 0 Å². The normalized spacial score (nSPS) is 39.4. The van der Waals surface area contributed by atoms with Crippen LogP contribution in [0.15, 0.2) is 36.4 Å². The number of fused-ring (bicyclic) bond motifs is 1. The SMILES string of the molecule is COC1(c2cccc3cc(OP(=O)(O)O)ccc23)OOC12C1CC3CC(C1)CC2C3. The van der Waals surface area contributed by atoms with Gasteiger partial charge in [0.05, 0.1) is 0 Å². The van der Waals surface area contributed by atoms with Crippen molar-refractivity contribution in [3.63, 3.8) is 0 Å². The highest BCUT2D eigenvalue weighted by Gasteiger charge is 2.76. The molecule has 7 rings (SSSR count). The van der Waals surface area contributed by atoms with Crippen molar-refractivity contribution in [2.24, 2.45) is 23.7 Å². The zero-order valence-electron chi connectivity index (χ0n) is 16.7. The summed E-state index contributed by atoms with van der Waals surface area (Å²) in [4.78, 5) is 30.2. The number of methoxy groups -OCH3 is 1. The lowest BCUT2D eigenvalue weighted by Gasteiger charge is -2.68. The van der Waals surface area contributed by atoms with Crippen LogP contribution < -0.4 is 4.52 Å². The molecule has 0 radical (unpaired) electrons. The van der Waals surface area contributed by atoms with Crippen LogP contribution in [0.1, 0.15) is 37.7 Å². The smallest absolute Gasteiger partial charge is 0.404 e.